The topological polar surface area (TPSA) is 19.0 Å². The summed E-state index contributed by atoms with van der Waals surface area (Å²) in [4.78, 5) is 5.10. The first kappa shape index (κ1) is 20.8. The smallest absolute Gasteiger partial charge is 0.195 e. The molecule has 2 aromatic carbocycles. The maximum absolute atomic E-state index is 15.0. The van der Waals surface area contributed by atoms with E-state index in [1.807, 2.05) is 31.2 Å². The van der Waals surface area contributed by atoms with Crippen LogP contribution < -0.4 is 0 Å². The summed E-state index contributed by atoms with van der Waals surface area (Å²) in [5.74, 6) is -1.36. The first-order chi connectivity index (χ1) is 13.7. The number of hydrogen-bond acceptors (Lipinski definition) is 1. The lowest BCUT2D eigenvalue weighted by Gasteiger charge is -2.42. The van der Waals surface area contributed by atoms with Gasteiger partial charge in [0.1, 0.15) is 11.6 Å². The molecule has 1 aliphatic heterocycles. The van der Waals surface area contributed by atoms with Crippen LogP contribution in [0.25, 0.3) is 10.9 Å². The Bertz CT molecular complexity index is 1040. The van der Waals surface area contributed by atoms with E-state index in [1.165, 1.54) is 12.1 Å². The Morgan fingerprint density at radius 2 is 1.90 bits per heavy atom. The number of para-hydroxylation sites is 1. The summed E-state index contributed by atoms with van der Waals surface area (Å²) in [7, 11) is 0. The fourth-order valence-corrected chi connectivity index (χ4v) is 4.80. The van der Waals surface area contributed by atoms with Crippen LogP contribution in [0, 0.1) is 11.6 Å². The molecule has 0 saturated heterocycles. The molecular weight excluding hydrogens is 465 g/mol. The highest BCUT2D eigenvalue weighted by Gasteiger charge is 2.42. The first-order valence-electron chi connectivity index (χ1n) is 9.59. The molecule has 2 nitrogen and oxygen atoms in total. The molecule has 0 spiro atoms. The van der Waals surface area contributed by atoms with Gasteiger partial charge in [0.25, 0.3) is 0 Å². The molecule has 1 aliphatic rings. The molecule has 1 N–H and O–H groups in total. The van der Waals surface area contributed by atoms with Crippen LogP contribution in [0.5, 0.6) is 0 Å². The van der Waals surface area contributed by atoms with Gasteiger partial charge in [0.2, 0.25) is 0 Å². The highest BCUT2D eigenvalue weighted by Crippen LogP contribution is 2.44. The molecule has 3 unspecified atom stereocenters. The van der Waals surface area contributed by atoms with Crippen molar-refractivity contribution >= 4 is 38.4 Å². The summed E-state index contributed by atoms with van der Waals surface area (Å²) in [5, 5.41) is -0.969. The number of nitrogens with one attached hydrogen (secondary N) is 1. The van der Waals surface area contributed by atoms with E-state index in [-0.39, 0.29) is 24.6 Å². The molecule has 154 valence electrons. The van der Waals surface area contributed by atoms with E-state index in [0.29, 0.717) is 16.6 Å². The predicted molar refractivity (Wildman–Crippen MR) is 114 cm³/mol. The molecule has 0 saturated carbocycles. The van der Waals surface area contributed by atoms with Gasteiger partial charge in [-0.25, -0.2) is 13.2 Å². The van der Waals surface area contributed by atoms with Crippen LogP contribution >= 0.6 is 27.5 Å². The quantitative estimate of drug-likeness (QED) is 0.400. The van der Waals surface area contributed by atoms with Crippen molar-refractivity contribution in [2.24, 2.45) is 0 Å². The molecule has 3 aromatic rings. The number of rotatable bonds is 4. The van der Waals surface area contributed by atoms with E-state index < -0.39 is 22.8 Å². The van der Waals surface area contributed by atoms with Gasteiger partial charge in [-0.1, -0.05) is 52.7 Å². The average Bonchev–Trinajstić information content (AvgIpc) is 3.01. The number of nitrogens with zero attached hydrogens (tertiary/aromatic N) is 1. The normalized spacial score (nSPS) is 21.9. The Morgan fingerprint density at radius 3 is 2.55 bits per heavy atom. The van der Waals surface area contributed by atoms with Crippen LogP contribution in [0.2, 0.25) is 0 Å². The second-order valence-corrected chi connectivity index (χ2v) is 9.28. The Morgan fingerprint density at radius 1 is 1.24 bits per heavy atom. The van der Waals surface area contributed by atoms with Crippen LogP contribution in [0.4, 0.5) is 13.2 Å². The van der Waals surface area contributed by atoms with Gasteiger partial charge in [-0.05, 0) is 43.5 Å². The van der Waals surface area contributed by atoms with Crippen LogP contribution in [0.1, 0.15) is 43.1 Å². The van der Waals surface area contributed by atoms with E-state index in [4.69, 9.17) is 11.6 Å². The zero-order chi connectivity index (χ0) is 20.9. The van der Waals surface area contributed by atoms with Crippen LogP contribution in [-0.2, 0) is 6.42 Å². The number of aromatic amines is 1. The number of H-pyrrole nitrogens is 1. The van der Waals surface area contributed by atoms with E-state index in [2.05, 4.69) is 20.9 Å². The third-order valence-electron chi connectivity index (χ3n) is 5.77. The van der Waals surface area contributed by atoms with Crippen LogP contribution in [-0.4, -0.2) is 27.6 Å². The zero-order valence-electron chi connectivity index (χ0n) is 16.1. The van der Waals surface area contributed by atoms with E-state index in [1.54, 1.807) is 11.8 Å². The largest absolute Gasteiger partial charge is 0.357 e. The van der Waals surface area contributed by atoms with Gasteiger partial charge in [0.15, 0.2) is 5.13 Å². The average molecular weight is 486 g/mol. The summed E-state index contributed by atoms with van der Waals surface area (Å²) in [5.41, 5.74) is 2.48. The van der Waals surface area contributed by atoms with E-state index in [0.717, 1.165) is 16.5 Å². The van der Waals surface area contributed by atoms with Crippen LogP contribution in [0.3, 0.4) is 0 Å². The van der Waals surface area contributed by atoms with Gasteiger partial charge in [0.05, 0.1) is 6.04 Å². The molecule has 1 aromatic heterocycles. The summed E-state index contributed by atoms with van der Waals surface area (Å²) in [6.07, 6.45) is 0.724. The number of fused-ring (bicyclic) bond motifs is 3. The van der Waals surface area contributed by atoms with Crippen molar-refractivity contribution < 1.29 is 13.2 Å². The molecule has 0 aliphatic carbocycles. The standard InChI is InChI=1S/C22H21BrClF3N2/c1-3-22(24,27)11-29-12(2)8-15-14-6-4-5-7-18(14)28-20(15)21(29)19-16(25)9-13(23)10-17(19)26/h4-7,9-10,12,21,28H,3,8,11H2,1-2H3. The molecule has 4 rings (SSSR count). The SMILES string of the molecule is CCC(F)(Cl)CN1C(C)Cc2c([nH]c3ccccc23)C1c1c(F)cc(Br)cc1F. The van der Waals surface area contributed by atoms with Gasteiger partial charge in [-0.15, -0.1) is 0 Å². The van der Waals surface area contributed by atoms with Gasteiger partial charge >= 0.3 is 0 Å². The molecule has 2 heterocycles. The van der Waals surface area contributed by atoms with Crippen molar-refractivity contribution in [1.82, 2.24) is 9.88 Å². The van der Waals surface area contributed by atoms with Gasteiger partial charge in [-0.3, -0.25) is 4.90 Å². The number of hydrogen-bond donors (Lipinski definition) is 1. The Hall–Kier alpha value is -1.50. The van der Waals surface area contributed by atoms with Gasteiger partial charge < -0.3 is 4.98 Å². The highest BCUT2D eigenvalue weighted by atomic mass is 79.9. The summed E-state index contributed by atoms with van der Waals surface area (Å²) >= 11 is 9.20. The lowest BCUT2D eigenvalue weighted by Crippen LogP contribution is -2.48. The van der Waals surface area contributed by atoms with Gasteiger partial charge in [0, 0.05) is 39.2 Å². The Balaban J connectivity index is 1.96. The predicted octanol–water partition coefficient (Wildman–Crippen LogP) is 6.86. The van der Waals surface area contributed by atoms with Gasteiger partial charge in [-0.2, -0.15) is 0 Å². The molecule has 7 heteroatoms. The molecule has 0 bridgehead atoms. The van der Waals surface area contributed by atoms with E-state index in [9.17, 15) is 4.39 Å². The fourth-order valence-electron chi connectivity index (χ4n) is 4.26. The Kier molecular flexibility index (Phi) is 5.47. The number of aromatic nitrogens is 1. The second-order valence-electron chi connectivity index (χ2n) is 7.68. The maximum atomic E-state index is 15.0. The van der Waals surface area contributed by atoms with Crippen molar-refractivity contribution in [1.29, 1.82) is 0 Å². The monoisotopic (exact) mass is 484 g/mol. The minimum absolute atomic E-state index is 0.0926. The number of alkyl halides is 2. The van der Waals surface area contributed by atoms with Crippen molar-refractivity contribution in [2.75, 3.05) is 6.54 Å². The van der Waals surface area contributed by atoms with Crippen molar-refractivity contribution in [2.45, 2.75) is 43.9 Å². The maximum Gasteiger partial charge on any atom is 0.195 e. The summed E-state index contributed by atoms with van der Waals surface area (Å²) in [6.45, 7) is 3.46. The van der Waals surface area contributed by atoms with Crippen molar-refractivity contribution in [3.63, 3.8) is 0 Å². The third kappa shape index (κ3) is 3.71. The number of halogens is 5. The minimum Gasteiger partial charge on any atom is -0.357 e. The molecule has 0 radical (unpaired) electrons. The van der Waals surface area contributed by atoms with Crippen molar-refractivity contribution in [3.8, 4) is 0 Å². The minimum atomic E-state index is -1.99. The highest BCUT2D eigenvalue weighted by molar-refractivity contribution is 9.10. The molecule has 3 atom stereocenters. The Labute approximate surface area is 181 Å². The van der Waals surface area contributed by atoms with Crippen molar-refractivity contribution in [3.05, 3.63) is 69.3 Å². The lowest BCUT2D eigenvalue weighted by atomic mass is 9.87. The second kappa shape index (κ2) is 7.64. The van der Waals surface area contributed by atoms with Crippen LogP contribution in [0.15, 0.2) is 40.9 Å². The molecular formula is C22H21BrClF3N2. The summed E-state index contributed by atoms with van der Waals surface area (Å²) < 4.78 is 45.2. The molecule has 0 fully saturated rings. The third-order valence-corrected chi connectivity index (χ3v) is 6.61. The summed E-state index contributed by atoms with van der Waals surface area (Å²) in [6, 6.07) is 9.27. The first-order valence-corrected chi connectivity index (χ1v) is 10.8. The number of benzene rings is 2. The molecule has 0 amide bonds. The lowest BCUT2D eigenvalue weighted by molar-refractivity contribution is 0.0842. The molecule has 29 heavy (non-hydrogen) atoms. The van der Waals surface area contributed by atoms with E-state index >= 15 is 8.78 Å². The zero-order valence-corrected chi connectivity index (χ0v) is 18.4. The fraction of sp³-hybridized carbons (Fsp3) is 0.364.